The fourth-order valence-electron chi connectivity index (χ4n) is 1.71. The first-order valence-corrected chi connectivity index (χ1v) is 6.33. The van der Waals surface area contributed by atoms with E-state index in [-0.39, 0.29) is 59.6 Å². The van der Waals surface area contributed by atoms with Gasteiger partial charge in [-0.25, -0.2) is 4.79 Å². The van der Waals surface area contributed by atoms with Crippen LogP contribution in [0, 0.1) is 0 Å². The summed E-state index contributed by atoms with van der Waals surface area (Å²) < 4.78 is 5.66. The van der Waals surface area contributed by atoms with Gasteiger partial charge in [0, 0.05) is 5.57 Å². The van der Waals surface area contributed by atoms with Crippen molar-refractivity contribution in [2.75, 3.05) is 0 Å². The van der Waals surface area contributed by atoms with Crippen LogP contribution >= 0.6 is 0 Å². The number of rotatable bonds is 5. The molecule has 0 saturated heterocycles. The Hall–Kier alpha value is -0.745. The van der Waals surface area contributed by atoms with Gasteiger partial charge in [0.2, 0.25) is 0 Å². The molecule has 0 saturated carbocycles. The monoisotopic (exact) mass is 354 g/mol. The van der Waals surface area contributed by atoms with Gasteiger partial charge in [-0.05, 0) is 36.3 Å². The van der Waals surface area contributed by atoms with E-state index in [1.165, 1.54) is 0 Å². The van der Waals surface area contributed by atoms with Gasteiger partial charge in [-0.2, -0.15) is 0 Å². The molecule has 104 valence electrons. The number of carboxylic acid groups (broad SMARTS) is 1. The Bertz CT molecular complexity index is 610. The first-order chi connectivity index (χ1) is 9.65. The molecule has 0 bridgehead atoms. The van der Waals surface area contributed by atoms with E-state index >= 15 is 0 Å². The van der Waals surface area contributed by atoms with E-state index in [1.54, 1.807) is 13.0 Å². The number of ether oxygens (including phenoxy) is 1. The van der Waals surface area contributed by atoms with Crippen molar-refractivity contribution < 1.29 is 74.3 Å². The van der Waals surface area contributed by atoms with Crippen LogP contribution in [0.1, 0.15) is 19.5 Å². The van der Waals surface area contributed by atoms with Gasteiger partial charge in [0.05, 0.1) is 0 Å². The van der Waals surface area contributed by atoms with E-state index in [1.807, 2.05) is 54.6 Å². The summed E-state index contributed by atoms with van der Waals surface area (Å²) in [5.41, 5.74) is 2.26. The summed E-state index contributed by atoms with van der Waals surface area (Å²) >= 11 is 0. The standard InChI is InChI=1S/C17H16O3.Rb.H/c1-13(17(18)19)11-14-7-9-16(10-8-14)20-12-15-5-3-2-4-6-15;;/h2-11H,12H2,1H3,(H,18,19);;/q;+1;-1. The van der Waals surface area contributed by atoms with E-state index in [0.717, 1.165) is 16.9 Å². The molecule has 0 aliphatic carbocycles. The van der Waals surface area contributed by atoms with Crippen molar-refractivity contribution >= 4 is 12.0 Å². The molecule has 0 fully saturated rings. The third kappa shape index (κ3) is 6.26. The maximum Gasteiger partial charge on any atom is 1.00 e. The minimum atomic E-state index is -0.908. The van der Waals surface area contributed by atoms with Gasteiger partial charge in [-0.3, -0.25) is 0 Å². The second-order valence-corrected chi connectivity index (χ2v) is 4.48. The average molecular weight is 355 g/mol. The fourth-order valence-corrected chi connectivity index (χ4v) is 1.71. The molecule has 0 unspecified atom stereocenters. The number of hydrogen-bond acceptors (Lipinski definition) is 2. The van der Waals surface area contributed by atoms with Gasteiger partial charge in [0.25, 0.3) is 0 Å². The number of aliphatic carboxylic acids is 1. The first-order valence-electron chi connectivity index (χ1n) is 6.33. The molecule has 2 rings (SSSR count). The van der Waals surface area contributed by atoms with Crippen molar-refractivity contribution in [3.63, 3.8) is 0 Å². The Morgan fingerprint density at radius 2 is 1.76 bits per heavy atom. The van der Waals surface area contributed by atoms with E-state index in [4.69, 9.17) is 9.84 Å². The summed E-state index contributed by atoms with van der Waals surface area (Å²) in [6, 6.07) is 17.3. The maximum absolute atomic E-state index is 10.7. The van der Waals surface area contributed by atoms with Crippen LogP contribution in [-0.2, 0) is 11.4 Å². The van der Waals surface area contributed by atoms with E-state index in [9.17, 15) is 4.79 Å². The van der Waals surface area contributed by atoms with Crippen molar-refractivity contribution in [1.82, 2.24) is 0 Å². The SMILES string of the molecule is CC(=Cc1ccc(OCc2ccccc2)cc1)C(=O)O.[H-].[Rb+]. The zero-order valence-electron chi connectivity index (χ0n) is 13.2. The molecule has 0 spiro atoms. The summed E-state index contributed by atoms with van der Waals surface area (Å²) in [5.74, 6) is -0.145. The van der Waals surface area contributed by atoms with Crippen molar-refractivity contribution in [2.45, 2.75) is 13.5 Å². The molecule has 0 atom stereocenters. The largest absolute Gasteiger partial charge is 1.00 e. The van der Waals surface area contributed by atoms with Gasteiger partial charge in [-0.15, -0.1) is 0 Å². The Balaban J connectivity index is 0.00000220. The van der Waals surface area contributed by atoms with Crippen LogP contribution in [0.25, 0.3) is 6.08 Å². The topological polar surface area (TPSA) is 46.5 Å². The van der Waals surface area contributed by atoms with E-state index in [2.05, 4.69) is 0 Å². The Labute approximate surface area is 174 Å². The van der Waals surface area contributed by atoms with Crippen molar-refractivity contribution in [3.05, 3.63) is 71.3 Å². The molecule has 2 aromatic carbocycles. The maximum atomic E-state index is 10.7. The molecule has 3 nitrogen and oxygen atoms in total. The molecule has 0 heterocycles. The van der Waals surface area contributed by atoms with E-state index < -0.39 is 5.97 Å². The van der Waals surface area contributed by atoms with Crippen LogP contribution in [0.2, 0.25) is 0 Å². The minimum Gasteiger partial charge on any atom is -1.00 e. The Morgan fingerprint density at radius 3 is 2.33 bits per heavy atom. The number of benzene rings is 2. The predicted octanol–water partition coefficient (Wildman–Crippen LogP) is 0.870. The average Bonchev–Trinajstić information content (AvgIpc) is 2.47. The van der Waals surface area contributed by atoms with Crippen molar-refractivity contribution in [3.8, 4) is 5.75 Å². The molecule has 21 heavy (non-hydrogen) atoms. The summed E-state index contributed by atoms with van der Waals surface area (Å²) in [5, 5.41) is 8.82. The number of hydrogen-bond donors (Lipinski definition) is 1. The Kier molecular flexibility index (Phi) is 8.11. The van der Waals surface area contributed by atoms with Gasteiger partial charge in [0.1, 0.15) is 12.4 Å². The second kappa shape index (κ2) is 9.31. The van der Waals surface area contributed by atoms with E-state index in [0.29, 0.717) is 12.2 Å². The first kappa shape index (κ1) is 18.3. The van der Waals surface area contributed by atoms with Crippen LogP contribution < -0.4 is 62.9 Å². The normalized spacial score (nSPS) is 10.6. The predicted molar refractivity (Wildman–Crippen MR) is 79.6 cm³/mol. The molecule has 1 N–H and O–H groups in total. The van der Waals surface area contributed by atoms with Gasteiger partial charge in [-0.1, -0.05) is 42.5 Å². The quantitative estimate of drug-likeness (QED) is 0.811. The molecule has 0 amide bonds. The molecule has 4 heteroatoms. The Morgan fingerprint density at radius 1 is 1.14 bits per heavy atom. The van der Waals surface area contributed by atoms with Crippen molar-refractivity contribution in [2.24, 2.45) is 0 Å². The van der Waals surface area contributed by atoms with Gasteiger partial charge in [0.15, 0.2) is 0 Å². The molecule has 0 aliphatic rings. The third-order valence-corrected chi connectivity index (χ3v) is 2.85. The second-order valence-electron chi connectivity index (χ2n) is 4.48. The van der Waals surface area contributed by atoms with Gasteiger partial charge >= 0.3 is 64.2 Å². The van der Waals surface area contributed by atoms with Crippen LogP contribution in [-0.4, -0.2) is 11.1 Å². The summed E-state index contributed by atoms with van der Waals surface area (Å²) in [4.78, 5) is 10.7. The zero-order chi connectivity index (χ0) is 14.4. The molecular weight excluding hydrogens is 338 g/mol. The summed E-state index contributed by atoms with van der Waals surface area (Å²) in [6.07, 6.45) is 1.63. The molecule has 0 aliphatic heterocycles. The number of carbonyl (C=O) groups is 1. The smallest absolute Gasteiger partial charge is 1.00 e. The molecular formula is C17H17O3Rb. The van der Waals surface area contributed by atoms with Crippen LogP contribution in [0.15, 0.2) is 60.2 Å². The van der Waals surface area contributed by atoms with Crippen molar-refractivity contribution in [1.29, 1.82) is 0 Å². The van der Waals surface area contributed by atoms with Gasteiger partial charge < -0.3 is 11.3 Å². The summed E-state index contributed by atoms with van der Waals surface area (Å²) in [6.45, 7) is 2.09. The summed E-state index contributed by atoms with van der Waals surface area (Å²) in [7, 11) is 0. The molecule has 2 aromatic rings. The van der Waals surface area contributed by atoms with Crippen LogP contribution in [0.4, 0.5) is 0 Å². The molecule has 0 aromatic heterocycles. The minimum absolute atomic E-state index is 0. The number of carboxylic acids is 1. The third-order valence-electron chi connectivity index (χ3n) is 2.85. The zero-order valence-corrected chi connectivity index (χ0v) is 17.2. The fraction of sp³-hybridized carbons (Fsp3) is 0.118. The van der Waals surface area contributed by atoms with Crippen LogP contribution in [0.3, 0.4) is 0 Å². The van der Waals surface area contributed by atoms with Crippen LogP contribution in [0.5, 0.6) is 5.75 Å². The molecule has 0 radical (unpaired) electrons.